The molecule has 1 aromatic carbocycles. The minimum atomic E-state index is -0.838. The van der Waals surface area contributed by atoms with Gasteiger partial charge in [-0.2, -0.15) is 5.10 Å². The Hall–Kier alpha value is -2.29. The number of hydrogen-bond acceptors (Lipinski definition) is 6. The fourth-order valence-corrected chi connectivity index (χ4v) is 3.91. The number of hydrogen-bond donors (Lipinski definition) is 1. The number of aromatic nitrogens is 2. The number of rotatable bonds is 8. The highest BCUT2D eigenvalue weighted by molar-refractivity contribution is 6.30. The first kappa shape index (κ1) is 21.4. The minimum absolute atomic E-state index is 0.0627. The van der Waals surface area contributed by atoms with Gasteiger partial charge >= 0.3 is 0 Å². The van der Waals surface area contributed by atoms with Crippen LogP contribution in [0.5, 0.6) is 11.6 Å². The third-order valence-corrected chi connectivity index (χ3v) is 5.22. The maximum Gasteiger partial charge on any atom is 0.220 e. The number of nitrogens with two attached hydrogens (primary N) is 1. The number of aryl methyl sites for hydroxylation is 2. The van der Waals surface area contributed by atoms with Crippen LogP contribution >= 0.6 is 11.6 Å². The van der Waals surface area contributed by atoms with E-state index in [0.29, 0.717) is 30.5 Å². The number of amides is 1. The van der Waals surface area contributed by atoms with E-state index in [4.69, 9.17) is 31.5 Å². The molecular formula is C20H27ClN4O4. The summed E-state index contributed by atoms with van der Waals surface area (Å²) in [6.07, 6.45) is 0.0627. The zero-order chi connectivity index (χ0) is 21.0. The van der Waals surface area contributed by atoms with Crippen molar-refractivity contribution in [2.24, 2.45) is 12.8 Å². The Balaban J connectivity index is 1.76. The maximum absolute atomic E-state index is 11.8. The number of morpholine rings is 1. The van der Waals surface area contributed by atoms with E-state index in [2.05, 4.69) is 10.00 Å². The van der Waals surface area contributed by atoms with E-state index < -0.39 is 11.5 Å². The molecule has 2 heterocycles. The van der Waals surface area contributed by atoms with Gasteiger partial charge in [-0.05, 0) is 25.1 Å². The molecule has 1 aliphatic heterocycles. The number of nitrogens with zero attached hydrogens (tertiary/aromatic N) is 3. The second-order valence-electron chi connectivity index (χ2n) is 7.33. The van der Waals surface area contributed by atoms with Crippen LogP contribution in [0.2, 0.25) is 5.02 Å². The summed E-state index contributed by atoms with van der Waals surface area (Å²) in [5.41, 5.74) is 6.61. The molecule has 2 N–H and O–H groups in total. The number of benzene rings is 1. The molecule has 0 saturated carbocycles. The summed E-state index contributed by atoms with van der Waals surface area (Å²) in [6.45, 7) is 4.45. The van der Waals surface area contributed by atoms with Gasteiger partial charge in [0, 0.05) is 31.7 Å². The molecule has 1 fully saturated rings. The fourth-order valence-electron chi connectivity index (χ4n) is 3.73. The van der Waals surface area contributed by atoms with Crippen molar-refractivity contribution >= 4 is 17.5 Å². The van der Waals surface area contributed by atoms with Gasteiger partial charge in [-0.15, -0.1) is 0 Å². The first-order chi connectivity index (χ1) is 13.8. The first-order valence-electron chi connectivity index (χ1n) is 9.41. The topological polar surface area (TPSA) is 91.8 Å². The van der Waals surface area contributed by atoms with Crippen LogP contribution in [0.4, 0.5) is 0 Å². The number of primary amides is 1. The lowest BCUT2D eigenvalue weighted by Gasteiger charge is -2.42. The number of carbonyl (C=O) groups is 1. The Morgan fingerprint density at radius 3 is 2.93 bits per heavy atom. The van der Waals surface area contributed by atoms with Gasteiger partial charge in [0.1, 0.15) is 18.0 Å². The lowest BCUT2D eigenvalue weighted by atomic mass is 9.97. The zero-order valence-corrected chi connectivity index (χ0v) is 17.7. The molecule has 1 atom stereocenters. The second-order valence-corrected chi connectivity index (χ2v) is 7.76. The predicted molar refractivity (Wildman–Crippen MR) is 109 cm³/mol. The molecule has 1 saturated heterocycles. The highest BCUT2D eigenvalue weighted by Crippen LogP contribution is 2.28. The molecule has 0 unspecified atom stereocenters. The SMILES string of the molecule is COc1c(CN2CCO[C@@](COc3cccc(Cl)c3)(CC(N)=O)C2)c(C)nn1C. The van der Waals surface area contributed by atoms with Gasteiger partial charge < -0.3 is 19.9 Å². The molecular weight excluding hydrogens is 396 g/mol. The van der Waals surface area contributed by atoms with E-state index in [1.54, 1.807) is 23.9 Å². The fraction of sp³-hybridized carbons (Fsp3) is 0.500. The van der Waals surface area contributed by atoms with Gasteiger partial charge in [-0.25, -0.2) is 4.68 Å². The Kier molecular flexibility index (Phi) is 6.66. The van der Waals surface area contributed by atoms with Crippen molar-refractivity contribution in [2.75, 3.05) is 33.4 Å². The summed E-state index contributed by atoms with van der Waals surface area (Å²) in [6, 6.07) is 7.12. The summed E-state index contributed by atoms with van der Waals surface area (Å²) >= 11 is 6.03. The minimum Gasteiger partial charge on any atom is -0.490 e. The Morgan fingerprint density at radius 1 is 1.45 bits per heavy atom. The zero-order valence-electron chi connectivity index (χ0n) is 17.0. The predicted octanol–water partition coefficient (Wildman–Crippen LogP) is 1.92. The van der Waals surface area contributed by atoms with E-state index in [-0.39, 0.29) is 13.0 Å². The molecule has 9 heteroatoms. The normalized spacial score (nSPS) is 19.9. The summed E-state index contributed by atoms with van der Waals surface area (Å²) in [4.78, 5) is 14.0. The summed E-state index contributed by atoms with van der Waals surface area (Å²) < 4.78 is 19.2. The van der Waals surface area contributed by atoms with Crippen molar-refractivity contribution in [1.82, 2.24) is 14.7 Å². The average Bonchev–Trinajstić information content (AvgIpc) is 2.92. The molecule has 1 amide bonds. The van der Waals surface area contributed by atoms with Crippen molar-refractivity contribution in [3.63, 3.8) is 0 Å². The van der Waals surface area contributed by atoms with Gasteiger partial charge in [0.15, 0.2) is 0 Å². The van der Waals surface area contributed by atoms with Crippen LogP contribution in [0.15, 0.2) is 24.3 Å². The van der Waals surface area contributed by atoms with E-state index in [0.717, 1.165) is 23.7 Å². The van der Waals surface area contributed by atoms with Crippen LogP contribution in [0.25, 0.3) is 0 Å². The summed E-state index contributed by atoms with van der Waals surface area (Å²) in [5.74, 6) is 0.910. The largest absolute Gasteiger partial charge is 0.490 e. The van der Waals surface area contributed by atoms with Gasteiger partial charge in [0.25, 0.3) is 0 Å². The van der Waals surface area contributed by atoms with Crippen LogP contribution in [0.3, 0.4) is 0 Å². The van der Waals surface area contributed by atoms with Crippen LogP contribution in [-0.4, -0.2) is 59.6 Å². The highest BCUT2D eigenvalue weighted by atomic mass is 35.5. The van der Waals surface area contributed by atoms with Crippen molar-refractivity contribution in [2.45, 2.75) is 25.5 Å². The number of halogens is 1. The van der Waals surface area contributed by atoms with Crippen molar-refractivity contribution < 1.29 is 19.0 Å². The number of methoxy groups -OCH3 is 1. The summed E-state index contributed by atoms with van der Waals surface area (Å²) in [7, 11) is 3.49. The van der Waals surface area contributed by atoms with Gasteiger partial charge in [-0.3, -0.25) is 9.69 Å². The second kappa shape index (κ2) is 9.02. The molecule has 1 aromatic heterocycles. The molecule has 158 valence electrons. The molecule has 3 rings (SSSR count). The smallest absolute Gasteiger partial charge is 0.220 e. The van der Waals surface area contributed by atoms with E-state index in [1.165, 1.54) is 0 Å². The van der Waals surface area contributed by atoms with Crippen LogP contribution in [-0.2, 0) is 23.1 Å². The lowest BCUT2D eigenvalue weighted by molar-refractivity contribution is -0.148. The Labute approximate surface area is 175 Å². The third-order valence-electron chi connectivity index (χ3n) is 4.99. The quantitative estimate of drug-likeness (QED) is 0.698. The highest BCUT2D eigenvalue weighted by Gasteiger charge is 2.40. The average molecular weight is 423 g/mol. The van der Waals surface area contributed by atoms with Crippen LogP contribution in [0, 0.1) is 6.92 Å². The van der Waals surface area contributed by atoms with E-state index in [9.17, 15) is 4.79 Å². The molecule has 8 nitrogen and oxygen atoms in total. The molecule has 0 bridgehead atoms. The van der Waals surface area contributed by atoms with Crippen LogP contribution in [0.1, 0.15) is 17.7 Å². The molecule has 0 radical (unpaired) electrons. The molecule has 0 aliphatic carbocycles. The number of carbonyl (C=O) groups excluding carboxylic acids is 1. The lowest BCUT2D eigenvalue weighted by Crippen LogP contribution is -2.56. The standard InChI is InChI=1S/C20H27ClN4O4/c1-14-17(19(27-3)24(2)23-14)11-25-7-8-29-20(12-25,10-18(22)26)13-28-16-6-4-5-15(21)9-16/h4-6,9H,7-8,10-13H2,1-3H3,(H2,22,26)/t20-/m0/s1. The maximum atomic E-state index is 11.8. The number of ether oxygens (including phenoxy) is 3. The van der Waals surface area contributed by atoms with Crippen molar-refractivity contribution in [1.29, 1.82) is 0 Å². The van der Waals surface area contributed by atoms with Gasteiger partial charge in [0.2, 0.25) is 11.8 Å². The molecule has 29 heavy (non-hydrogen) atoms. The van der Waals surface area contributed by atoms with Crippen molar-refractivity contribution in [3.05, 3.63) is 40.5 Å². The van der Waals surface area contributed by atoms with Gasteiger partial charge in [0.05, 0.1) is 31.4 Å². The first-order valence-corrected chi connectivity index (χ1v) is 9.79. The van der Waals surface area contributed by atoms with Crippen molar-refractivity contribution in [3.8, 4) is 11.6 Å². The Morgan fingerprint density at radius 2 is 2.24 bits per heavy atom. The molecule has 1 aliphatic rings. The molecule has 2 aromatic rings. The summed E-state index contributed by atoms with van der Waals surface area (Å²) in [5, 5.41) is 5.02. The molecule has 0 spiro atoms. The van der Waals surface area contributed by atoms with E-state index in [1.807, 2.05) is 26.1 Å². The van der Waals surface area contributed by atoms with Crippen LogP contribution < -0.4 is 15.2 Å². The van der Waals surface area contributed by atoms with Gasteiger partial charge in [-0.1, -0.05) is 17.7 Å². The monoisotopic (exact) mass is 422 g/mol. The van der Waals surface area contributed by atoms with E-state index >= 15 is 0 Å². The third kappa shape index (κ3) is 5.20. The Bertz CT molecular complexity index is 872.